The normalized spacial score (nSPS) is 10.8. The molecule has 0 unspecified atom stereocenters. The smallest absolute Gasteiger partial charge is 0.458 e. The van der Waals surface area contributed by atoms with Crippen LogP contribution in [0.25, 0.3) is 4.24 Å². The van der Waals surface area contributed by atoms with E-state index in [4.69, 9.17) is 23.4 Å². The first-order chi connectivity index (χ1) is 5.97. The van der Waals surface area contributed by atoms with Gasteiger partial charge in [-0.3, -0.25) is 11.8 Å². The number of hydrogen-bond acceptors (Lipinski definition) is 2. The fourth-order valence-electron chi connectivity index (χ4n) is 0.939. The van der Waals surface area contributed by atoms with Gasteiger partial charge in [0.15, 0.2) is 0 Å². The maximum absolute atomic E-state index is 11.2. The molecule has 0 amide bonds. The molecule has 14 heavy (non-hydrogen) atoms. The number of sulfonamides is 1. The van der Waals surface area contributed by atoms with E-state index >= 15 is 0 Å². The van der Waals surface area contributed by atoms with Gasteiger partial charge in [-0.2, -0.15) is 0 Å². The Hall–Kier alpha value is 0.710. The third kappa shape index (κ3) is 3.38. The number of nitrogens with zero attached hydrogens (tertiary/aromatic N) is 1. The molecule has 0 saturated carbocycles. The second kappa shape index (κ2) is 5.70. The van der Waals surface area contributed by atoms with Crippen molar-refractivity contribution < 1.29 is 38.0 Å². The van der Waals surface area contributed by atoms with Crippen LogP contribution in [0, 0.1) is 6.92 Å². The number of aryl methyl sites for hydroxylation is 1. The van der Waals surface area contributed by atoms with Gasteiger partial charge in [0.1, 0.15) is 10.0 Å². The van der Waals surface area contributed by atoms with Gasteiger partial charge < -0.3 is 4.24 Å². The van der Waals surface area contributed by atoms with Gasteiger partial charge >= 0.3 is 29.6 Å². The topological polar surface area (TPSA) is 48.2 Å². The summed E-state index contributed by atoms with van der Waals surface area (Å²) in [5.41, 5.74) is 0.525. The van der Waals surface area contributed by atoms with Gasteiger partial charge in [0.2, 0.25) is 0 Å². The van der Waals surface area contributed by atoms with Crippen molar-refractivity contribution in [2.75, 3.05) is 0 Å². The molecule has 3 nitrogen and oxygen atoms in total. The van der Waals surface area contributed by atoms with Crippen molar-refractivity contribution in [1.29, 1.82) is 0 Å². The van der Waals surface area contributed by atoms with Crippen LogP contribution in [0.15, 0.2) is 23.1 Å². The zero-order valence-electron chi connectivity index (χ0n) is 7.66. The summed E-state index contributed by atoms with van der Waals surface area (Å²) in [5.74, 6) is 0. The van der Waals surface area contributed by atoms with Gasteiger partial charge in [-0.05, 0) is 30.7 Å². The number of halogens is 2. The van der Waals surface area contributed by atoms with Crippen LogP contribution in [0.3, 0.4) is 0 Å². The van der Waals surface area contributed by atoms with Crippen molar-refractivity contribution in [3.05, 3.63) is 33.0 Å². The summed E-state index contributed by atoms with van der Waals surface area (Å²) >= 11 is 10.6. The first kappa shape index (κ1) is 14.7. The third-order valence-electron chi connectivity index (χ3n) is 1.51. The average molecular weight is 262 g/mol. The summed E-state index contributed by atoms with van der Waals surface area (Å²) in [7, 11) is -3.71. The summed E-state index contributed by atoms with van der Waals surface area (Å²) < 4.78 is 25.2. The van der Waals surface area contributed by atoms with Crippen LogP contribution in [0.5, 0.6) is 0 Å². The molecule has 1 aromatic rings. The van der Waals surface area contributed by atoms with Crippen LogP contribution in [-0.4, -0.2) is 8.42 Å². The van der Waals surface area contributed by atoms with E-state index in [9.17, 15) is 8.42 Å². The van der Waals surface area contributed by atoms with Crippen molar-refractivity contribution in [3.8, 4) is 0 Å². The monoisotopic (exact) mass is 261 g/mol. The Kier molecular flexibility index (Phi) is 5.99. The standard InChI is InChI=1S/C7H6Cl2NO2S.Na/c1-5-4-6(8)2-3-7(5)13(11,12)10-9;/h2-4H,1H3;/q-1;+1. The Morgan fingerprint density at radius 2 is 1.93 bits per heavy atom. The van der Waals surface area contributed by atoms with Crippen molar-refractivity contribution >= 4 is 33.4 Å². The Morgan fingerprint density at radius 3 is 2.36 bits per heavy atom. The minimum atomic E-state index is -3.71. The predicted molar refractivity (Wildman–Crippen MR) is 52.6 cm³/mol. The van der Waals surface area contributed by atoms with Crippen molar-refractivity contribution in [2.24, 2.45) is 0 Å². The van der Waals surface area contributed by atoms with Crippen LogP contribution in [0.4, 0.5) is 0 Å². The van der Waals surface area contributed by atoms with Crippen molar-refractivity contribution in [1.82, 2.24) is 0 Å². The van der Waals surface area contributed by atoms with E-state index < -0.39 is 10.0 Å². The van der Waals surface area contributed by atoms with Gasteiger partial charge in [-0.15, -0.1) is 0 Å². The molecular formula is C7H6Cl2NNaO2S. The summed E-state index contributed by atoms with van der Waals surface area (Å²) in [6.07, 6.45) is 0. The molecule has 0 atom stereocenters. The average Bonchev–Trinajstić information content (AvgIpc) is 2.03. The van der Waals surface area contributed by atoms with E-state index in [1.807, 2.05) is 0 Å². The largest absolute Gasteiger partial charge is 1.00 e. The Labute approximate surface area is 115 Å². The molecule has 0 spiro atoms. The summed E-state index contributed by atoms with van der Waals surface area (Å²) in [4.78, 5) is 0.0758. The molecule has 1 aromatic carbocycles. The Morgan fingerprint density at radius 1 is 1.36 bits per heavy atom. The molecular weight excluding hydrogens is 256 g/mol. The fourth-order valence-corrected chi connectivity index (χ4v) is 2.17. The second-order valence-electron chi connectivity index (χ2n) is 2.45. The molecule has 72 valence electrons. The van der Waals surface area contributed by atoms with Gasteiger partial charge in [0.25, 0.3) is 0 Å². The molecule has 0 aliphatic carbocycles. The second-order valence-corrected chi connectivity index (χ2v) is 4.83. The van der Waals surface area contributed by atoms with Crippen LogP contribution in [0.2, 0.25) is 5.02 Å². The molecule has 0 aliphatic rings. The third-order valence-corrected chi connectivity index (χ3v) is 3.48. The summed E-state index contributed by atoms with van der Waals surface area (Å²) in [6, 6.07) is 4.39. The van der Waals surface area contributed by atoms with E-state index in [2.05, 4.69) is 4.24 Å². The molecule has 0 aliphatic heterocycles. The van der Waals surface area contributed by atoms with E-state index in [0.717, 1.165) is 0 Å². The molecule has 0 saturated heterocycles. The van der Waals surface area contributed by atoms with Crippen LogP contribution in [-0.2, 0) is 10.0 Å². The van der Waals surface area contributed by atoms with Crippen molar-refractivity contribution in [2.45, 2.75) is 11.8 Å². The van der Waals surface area contributed by atoms with Crippen molar-refractivity contribution in [3.63, 3.8) is 0 Å². The van der Waals surface area contributed by atoms with Crippen LogP contribution in [0.1, 0.15) is 5.56 Å². The summed E-state index contributed by atoms with van der Waals surface area (Å²) in [5, 5.41) is 0.478. The maximum atomic E-state index is 11.2. The van der Waals surface area contributed by atoms with Crippen LogP contribution < -0.4 is 29.6 Å². The zero-order valence-corrected chi connectivity index (χ0v) is 12.0. The Bertz CT molecular complexity index is 422. The number of benzene rings is 1. The van der Waals surface area contributed by atoms with Gasteiger partial charge in [-0.25, -0.2) is 8.42 Å². The number of rotatable bonds is 2. The van der Waals surface area contributed by atoms with Gasteiger partial charge in [-0.1, -0.05) is 11.6 Å². The SMILES string of the molecule is Cc1cc(Cl)ccc1S(=O)(=O)[N-]Cl.[Na+]. The number of hydrogen-bond donors (Lipinski definition) is 0. The minimum absolute atomic E-state index is 0. The van der Waals surface area contributed by atoms with E-state index in [-0.39, 0.29) is 34.5 Å². The quantitative estimate of drug-likeness (QED) is 0.697. The minimum Gasteiger partial charge on any atom is -0.458 e. The zero-order chi connectivity index (χ0) is 10.1. The van der Waals surface area contributed by atoms with Gasteiger partial charge in [0.05, 0.1) is 4.90 Å². The predicted octanol–water partition coefficient (Wildman–Crippen LogP) is -0.131. The first-order valence-electron chi connectivity index (χ1n) is 3.32. The Balaban J connectivity index is 0.00000169. The fraction of sp³-hybridized carbons (Fsp3) is 0.143. The van der Waals surface area contributed by atoms with Crippen LogP contribution >= 0.6 is 23.4 Å². The molecule has 0 aromatic heterocycles. The van der Waals surface area contributed by atoms with E-state index in [1.54, 1.807) is 6.92 Å². The summed E-state index contributed by atoms with van der Waals surface area (Å²) in [6.45, 7) is 1.63. The molecule has 0 heterocycles. The molecule has 0 bridgehead atoms. The van der Waals surface area contributed by atoms with Gasteiger partial charge in [0, 0.05) is 5.02 Å². The molecule has 0 radical (unpaired) electrons. The first-order valence-corrected chi connectivity index (χ1v) is 5.47. The van der Waals surface area contributed by atoms with E-state index in [0.29, 0.717) is 10.6 Å². The molecule has 1 rings (SSSR count). The van der Waals surface area contributed by atoms with E-state index in [1.165, 1.54) is 18.2 Å². The maximum Gasteiger partial charge on any atom is 1.00 e. The molecule has 0 fully saturated rings. The molecule has 0 N–H and O–H groups in total. The molecule has 7 heteroatoms.